The molecule has 0 spiro atoms. The Hall–Kier alpha value is -8.72. The number of nitrogens with two attached hydrogens (primary N) is 1. The highest BCUT2D eigenvalue weighted by Crippen LogP contribution is 2.33. The number of Topliss-reactive ketones (excluding diaryl/α,β-unsaturated/α-hetero) is 1. The number of carbonyl (C=O) groups is 4. The zero-order valence-electron chi connectivity index (χ0n) is 33.9. The van der Waals surface area contributed by atoms with Crippen molar-refractivity contribution >= 4 is 67.9 Å². The molecule has 0 saturated carbocycles. The number of amides is 3. The zero-order valence-corrected chi connectivity index (χ0v) is 35.5. The number of benzene rings is 4. The summed E-state index contributed by atoms with van der Waals surface area (Å²) in [5.74, 6) is 35.6. The van der Waals surface area contributed by atoms with Crippen molar-refractivity contribution in [1.82, 2.24) is 0 Å². The van der Waals surface area contributed by atoms with Crippen molar-refractivity contribution in [2.75, 3.05) is 32.9 Å². The van der Waals surface area contributed by atoms with E-state index < -0.39 is 44.5 Å². The maximum atomic E-state index is 14.9. The van der Waals surface area contributed by atoms with Gasteiger partial charge in [-0.25, -0.2) is 12.7 Å². The molecule has 4 aromatic carbocycles. The average molecular weight is 868 g/mol. The number of sulfonamides is 1. The zero-order chi connectivity index (χ0) is 45.6. The lowest BCUT2D eigenvalue weighted by molar-refractivity contribution is -0.116. The van der Waals surface area contributed by atoms with E-state index in [1.807, 2.05) is 18.7 Å². The molecule has 4 N–H and O–H groups in total. The molecule has 3 amide bonds. The maximum Gasteiger partial charge on any atom is 0.301 e. The van der Waals surface area contributed by atoms with E-state index in [2.05, 4.69) is 105 Å². The van der Waals surface area contributed by atoms with Gasteiger partial charge in [-0.3, -0.25) is 19.2 Å². The third-order valence-corrected chi connectivity index (χ3v) is 10.5. The number of hydrogen-bond donors (Lipinski definition) is 3. The molecular weight excluding hydrogens is 834 g/mol. The Kier molecular flexibility index (Phi) is 17.7. The summed E-state index contributed by atoms with van der Waals surface area (Å²) in [6, 6.07) is 21.0. The summed E-state index contributed by atoms with van der Waals surface area (Å²) in [6.07, 6.45) is 0. The summed E-state index contributed by atoms with van der Waals surface area (Å²) < 4.78 is 30.4. The van der Waals surface area contributed by atoms with Crippen molar-refractivity contribution < 1.29 is 27.6 Å². The van der Waals surface area contributed by atoms with Gasteiger partial charge in [0.2, 0.25) is 5.91 Å². The van der Waals surface area contributed by atoms with Gasteiger partial charge in [0.1, 0.15) is 4.90 Å². The van der Waals surface area contributed by atoms with Gasteiger partial charge in [0.05, 0.1) is 22.0 Å². The largest absolute Gasteiger partial charge is 0.372 e. The van der Waals surface area contributed by atoms with Gasteiger partial charge in [-0.15, -0.1) is 0 Å². The molecule has 63 heavy (non-hydrogen) atoms. The summed E-state index contributed by atoms with van der Waals surface area (Å²) in [5.41, 5.74) is 5.98. The molecule has 0 radical (unpaired) electrons. The highest BCUT2D eigenvalue weighted by molar-refractivity contribution is 7.93. The van der Waals surface area contributed by atoms with Crippen LogP contribution in [0.15, 0.2) is 102 Å². The molecule has 1 atom stereocenters. The molecule has 0 heterocycles. The number of anilines is 4. The first-order valence-corrected chi connectivity index (χ1v) is 20.5. The number of nitrogens with one attached hydrogen (secondary N) is 2. The molecule has 0 saturated heterocycles. The van der Waals surface area contributed by atoms with Crippen LogP contribution < -0.4 is 25.6 Å². The van der Waals surface area contributed by atoms with Gasteiger partial charge in [-0.2, -0.15) is 0 Å². The molecule has 0 fully saturated rings. The van der Waals surface area contributed by atoms with Crippen LogP contribution in [0, 0.1) is 94.7 Å². The lowest BCUT2D eigenvalue weighted by Gasteiger charge is -2.32. The van der Waals surface area contributed by atoms with Crippen LogP contribution in [0.1, 0.15) is 41.5 Å². The van der Waals surface area contributed by atoms with Crippen LogP contribution in [0.3, 0.4) is 0 Å². The van der Waals surface area contributed by atoms with E-state index in [4.69, 9.17) is 17.3 Å². The third-order valence-electron chi connectivity index (χ3n) is 8.31. The van der Waals surface area contributed by atoms with Crippen molar-refractivity contribution in [2.24, 2.45) is 5.73 Å². The molecular formula is C50H34ClN5O6S. The number of carbonyl (C=O) groups excluding carboxylic acids is 4. The predicted octanol–water partition coefficient (Wildman–Crippen LogP) is 5.36. The molecule has 13 heteroatoms. The molecule has 0 bridgehead atoms. The summed E-state index contributed by atoms with van der Waals surface area (Å²) in [5, 5.41) is 5.09. The Morgan fingerprint density at radius 2 is 1.19 bits per heavy atom. The smallest absolute Gasteiger partial charge is 0.301 e. The van der Waals surface area contributed by atoms with Gasteiger partial charge in [0.25, 0.3) is 15.9 Å². The van der Waals surface area contributed by atoms with Crippen LogP contribution in [0.4, 0.5) is 22.7 Å². The number of nitrogens with zero attached hydrogens (tertiary/aromatic N) is 2. The first-order chi connectivity index (χ1) is 30.4. The van der Waals surface area contributed by atoms with Crippen LogP contribution in [-0.2, 0) is 19.6 Å². The maximum absolute atomic E-state index is 14.9. The van der Waals surface area contributed by atoms with Crippen molar-refractivity contribution in [1.29, 1.82) is 0 Å². The molecule has 0 aromatic heterocycles. The molecule has 0 aliphatic rings. The predicted molar refractivity (Wildman–Crippen MR) is 246 cm³/mol. The number of rotatable bonds is 13. The Bertz CT molecular complexity index is 3070. The first-order valence-electron chi connectivity index (χ1n) is 18.6. The van der Waals surface area contributed by atoms with E-state index >= 15 is 0 Å². The molecule has 1 unspecified atom stereocenters. The lowest BCUT2D eigenvalue weighted by atomic mass is 10.0. The van der Waals surface area contributed by atoms with Crippen molar-refractivity contribution in [3.63, 3.8) is 0 Å². The Labute approximate surface area is 372 Å². The topological polar surface area (TPSA) is 159 Å². The van der Waals surface area contributed by atoms with Crippen LogP contribution in [0.25, 0.3) is 0 Å². The molecule has 4 rings (SSSR count). The Morgan fingerprint density at radius 3 is 1.75 bits per heavy atom. The second kappa shape index (κ2) is 23.8. The van der Waals surface area contributed by atoms with E-state index in [1.54, 1.807) is 37.3 Å². The SMILES string of the molecule is CC#CC#CC#CC#CC#CC#CC#CC#CC(=O)Nc1ccc(Cl)c(NC(=O)C(C(=O)c2ccccc2)N(c2ccc(N(CC)CC)cc2)S(=O)(=O)c2ccccc2C(N)=O)c1. The van der Waals surface area contributed by atoms with E-state index in [9.17, 15) is 27.6 Å². The normalized spacial score (nSPS) is 9.71. The van der Waals surface area contributed by atoms with Crippen molar-refractivity contribution in [3.8, 4) is 94.7 Å². The second-order valence-electron chi connectivity index (χ2n) is 12.2. The standard InChI is InChI=1S/C50H34ClN5O6S/c1-4-7-8-9-10-11-12-13-14-15-16-17-18-19-23-30-46(57)53-39-31-36-43(51)44(37-39)54-50(60)47(48(58)38-26-21-20-22-27-38)56(41-34-32-40(33-35-41)55(5-2)6-3)63(61,62)45-29-25-24-28-42(45)49(52)59/h20-22,24-29,31-37,47H,5-6H2,1-3H3,(H2,52,59)(H,53,57)(H,54,60). The fourth-order valence-electron chi connectivity index (χ4n) is 5.51. The quantitative estimate of drug-likeness (QED) is 0.0928. The van der Waals surface area contributed by atoms with E-state index in [0.717, 1.165) is 11.8 Å². The molecule has 0 aliphatic heterocycles. The number of halogens is 1. The fourth-order valence-corrected chi connectivity index (χ4v) is 7.45. The minimum atomic E-state index is -4.93. The Balaban J connectivity index is 1.68. The van der Waals surface area contributed by atoms with Gasteiger partial charge >= 0.3 is 5.91 Å². The van der Waals surface area contributed by atoms with Gasteiger partial charge in [0.15, 0.2) is 11.8 Å². The minimum Gasteiger partial charge on any atom is -0.372 e. The van der Waals surface area contributed by atoms with Crippen LogP contribution in [-0.4, -0.2) is 51.1 Å². The van der Waals surface area contributed by atoms with E-state index in [0.29, 0.717) is 17.4 Å². The van der Waals surface area contributed by atoms with E-state index in [1.165, 1.54) is 60.7 Å². The van der Waals surface area contributed by atoms with Crippen molar-refractivity contribution in [2.45, 2.75) is 31.7 Å². The third kappa shape index (κ3) is 13.4. The molecule has 11 nitrogen and oxygen atoms in total. The van der Waals surface area contributed by atoms with Crippen molar-refractivity contribution in [3.05, 3.63) is 113 Å². The Morgan fingerprint density at radius 1 is 0.667 bits per heavy atom. The van der Waals surface area contributed by atoms with E-state index in [-0.39, 0.29) is 33.2 Å². The van der Waals surface area contributed by atoms with Crippen LogP contribution >= 0.6 is 11.6 Å². The number of primary amides is 1. The van der Waals surface area contributed by atoms with Crippen LogP contribution in [0.2, 0.25) is 5.02 Å². The monoisotopic (exact) mass is 867 g/mol. The lowest BCUT2D eigenvalue weighted by Crippen LogP contribution is -2.52. The highest BCUT2D eigenvalue weighted by atomic mass is 35.5. The van der Waals surface area contributed by atoms with Gasteiger partial charge in [-0.05, 0) is 158 Å². The second-order valence-corrected chi connectivity index (χ2v) is 14.4. The summed E-state index contributed by atoms with van der Waals surface area (Å²) in [6.45, 7) is 6.87. The van der Waals surface area contributed by atoms with Crippen LogP contribution in [0.5, 0.6) is 0 Å². The number of ketones is 1. The summed E-state index contributed by atoms with van der Waals surface area (Å²) >= 11 is 6.51. The number of hydrogen-bond acceptors (Lipinski definition) is 7. The average Bonchev–Trinajstić information content (AvgIpc) is 3.28. The minimum absolute atomic E-state index is 0.00433. The summed E-state index contributed by atoms with van der Waals surface area (Å²) in [4.78, 5) is 55.8. The fraction of sp³-hybridized carbons (Fsp3) is 0.120. The van der Waals surface area contributed by atoms with Gasteiger partial charge in [0, 0.05) is 35.9 Å². The summed E-state index contributed by atoms with van der Waals surface area (Å²) in [7, 11) is -4.93. The highest BCUT2D eigenvalue weighted by Gasteiger charge is 2.43. The first kappa shape index (κ1) is 47.0. The van der Waals surface area contributed by atoms with Gasteiger partial charge in [-0.1, -0.05) is 60.0 Å². The molecule has 308 valence electrons. The molecule has 4 aromatic rings. The molecule has 0 aliphatic carbocycles. The van der Waals surface area contributed by atoms with Gasteiger partial charge < -0.3 is 21.3 Å².